The molecule has 0 aromatic carbocycles. The van der Waals surface area contributed by atoms with E-state index < -0.39 is 95.7 Å². The number of fused-ring (bicyclic) bond motifs is 3. The summed E-state index contributed by atoms with van der Waals surface area (Å²) in [5.74, 6) is -5.65. The molecule has 0 aromatic heterocycles. The van der Waals surface area contributed by atoms with Gasteiger partial charge in [0.25, 0.3) is 0 Å². The van der Waals surface area contributed by atoms with E-state index in [0.717, 1.165) is 39.5 Å². The highest BCUT2D eigenvalue weighted by Crippen LogP contribution is 2.59. The average Bonchev–Trinajstić information content (AvgIpc) is 3.39. The summed E-state index contributed by atoms with van der Waals surface area (Å²) in [7, 11) is 0. The Morgan fingerprint density at radius 2 is 1.42 bits per heavy atom. The first-order valence-corrected chi connectivity index (χ1v) is 18.2. The van der Waals surface area contributed by atoms with Gasteiger partial charge in [0.1, 0.15) is 17.8 Å². The molecule has 3 aliphatic rings. The SMILES string of the molecule is C/C=C(/C)C(=O)O[C@H]1C(C)=C2[C@H]([C@@H]1OC(=O)CCCCCCC)[C@@](C)(OC(C)=O)C[C@H](OC(=O)CCC)[C@@]1(O)[C@H]2O[C@H](OC(C)=O)[C@@]1(C)OC(C)=O. The third-order valence-electron chi connectivity index (χ3n) is 10.2. The molecular formula is C38H56O14. The topological polar surface area (TPSA) is 187 Å². The van der Waals surface area contributed by atoms with Crippen LogP contribution in [0.4, 0.5) is 0 Å². The standard InChI is InChI=1S/C38H56O14/c1-11-14-15-16-17-19-28(43)48-32-30-29(22(5)31(32)49-34(44)21(4)13-3)33-38(45,37(10,52-25(8)41)35(50-33)46-23(6)39)26(47-27(42)18-12-2)20-36(30,9)51-24(7)40/h13,26,30-33,35,45H,11-12,14-20H2,1-10H3/b21-13-/t26-,30+,31-,32-,33-,35-,36-,37+,38+/m0/s1. The van der Waals surface area contributed by atoms with Crippen LogP contribution in [0.2, 0.25) is 0 Å². The zero-order valence-electron chi connectivity index (χ0n) is 32.2. The molecule has 0 unspecified atom stereocenters. The fourth-order valence-corrected chi connectivity index (χ4v) is 7.71. The predicted molar refractivity (Wildman–Crippen MR) is 184 cm³/mol. The lowest BCUT2D eigenvalue weighted by molar-refractivity contribution is -0.246. The van der Waals surface area contributed by atoms with Crippen LogP contribution in [0.1, 0.15) is 127 Å². The average molecular weight is 737 g/mol. The Labute approximate surface area is 305 Å². The molecule has 1 N–H and O–H groups in total. The normalized spacial score (nSPS) is 32.6. The minimum atomic E-state index is -2.51. The number of hydrogen-bond donors (Lipinski definition) is 1. The number of ether oxygens (including phenoxy) is 7. The molecule has 1 saturated carbocycles. The van der Waals surface area contributed by atoms with Crippen LogP contribution in [0.15, 0.2) is 22.8 Å². The monoisotopic (exact) mass is 736 g/mol. The lowest BCUT2D eigenvalue weighted by Crippen LogP contribution is -2.67. The van der Waals surface area contributed by atoms with Gasteiger partial charge in [-0.15, -0.1) is 0 Å². The van der Waals surface area contributed by atoms with Crippen LogP contribution < -0.4 is 0 Å². The van der Waals surface area contributed by atoms with E-state index >= 15 is 0 Å². The number of esters is 6. The van der Waals surface area contributed by atoms with Crippen molar-refractivity contribution >= 4 is 35.8 Å². The van der Waals surface area contributed by atoms with Crippen molar-refractivity contribution in [2.45, 2.75) is 175 Å². The van der Waals surface area contributed by atoms with Gasteiger partial charge in [0.2, 0.25) is 11.9 Å². The van der Waals surface area contributed by atoms with Gasteiger partial charge in [-0.3, -0.25) is 24.0 Å². The van der Waals surface area contributed by atoms with Crippen LogP contribution in [0.5, 0.6) is 0 Å². The Morgan fingerprint density at radius 1 is 0.808 bits per heavy atom. The van der Waals surface area contributed by atoms with Crippen molar-refractivity contribution < 1.29 is 67.0 Å². The van der Waals surface area contributed by atoms with Crippen molar-refractivity contribution in [1.29, 1.82) is 0 Å². The maximum absolute atomic E-state index is 13.6. The highest BCUT2D eigenvalue weighted by atomic mass is 16.7. The molecule has 1 aliphatic heterocycles. The number of aliphatic hydroxyl groups is 1. The van der Waals surface area contributed by atoms with E-state index in [-0.39, 0.29) is 29.6 Å². The van der Waals surface area contributed by atoms with E-state index in [9.17, 15) is 33.9 Å². The molecule has 2 fully saturated rings. The zero-order valence-corrected chi connectivity index (χ0v) is 32.2. The highest BCUT2D eigenvalue weighted by molar-refractivity contribution is 5.88. The second-order valence-corrected chi connectivity index (χ2v) is 14.4. The largest absolute Gasteiger partial charge is 0.459 e. The third-order valence-corrected chi connectivity index (χ3v) is 10.2. The van der Waals surface area contributed by atoms with Crippen molar-refractivity contribution in [3.8, 4) is 0 Å². The molecule has 14 heteroatoms. The predicted octanol–water partition coefficient (Wildman–Crippen LogP) is 4.86. The Bertz CT molecular complexity index is 1450. The Hall–Kier alpha value is -3.78. The second-order valence-electron chi connectivity index (χ2n) is 14.4. The van der Waals surface area contributed by atoms with Gasteiger partial charge < -0.3 is 38.3 Å². The van der Waals surface area contributed by atoms with Crippen LogP contribution in [0.25, 0.3) is 0 Å². The van der Waals surface area contributed by atoms with E-state index in [1.165, 1.54) is 20.8 Å². The smallest absolute Gasteiger partial charge is 0.334 e. The summed E-state index contributed by atoms with van der Waals surface area (Å²) in [5.41, 5.74) is -5.74. The van der Waals surface area contributed by atoms with Crippen molar-refractivity contribution in [3.05, 3.63) is 22.8 Å². The molecular weight excluding hydrogens is 680 g/mol. The quantitative estimate of drug-likeness (QED) is 0.0789. The van der Waals surface area contributed by atoms with Gasteiger partial charge in [0, 0.05) is 45.6 Å². The number of carbonyl (C=O) groups excluding carboxylic acids is 6. The maximum atomic E-state index is 13.6. The van der Waals surface area contributed by atoms with Gasteiger partial charge in [0.05, 0.1) is 5.92 Å². The molecule has 14 nitrogen and oxygen atoms in total. The van der Waals surface area contributed by atoms with Crippen LogP contribution in [0.3, 0.4) is 0 Å². The van der Waals surface area contributed by atoms with Gasteiger partial charge in [-0.25, -0.2) is 4.79 Å². The van der Waals surface area contributed by atoms with Crippen LogP contribution in [-0.4, -0.2) is 88.4 Å². The summed E-state index contributed by atoms with van der Waals surface area (Å²) in [4.78, 5) is 78.1. The summed E-state index contributed by atoms with van der Waals surface area (Å²) < 4.78 is 41.8. The van der Waals surface area contributed by atoms with Crippen molar-refractivity contribution in [2.75, 3.05) is 0 Å². The van der Waals surface area contributed by atoms with E-state index in [4.69, 9.17) is 33.2 Å². The minimum Gasteiger partial charge on any atom is -0.459 e. The van der Waals surface area contributed by atoms with Crippen molar-refractivity contribution in [2.24, 2.45) is 5.92 Å². The molecule has 0 aromatic rings. The summed E-state index contributed by atoms with van der Waals surface area (Å²) in [6.45, 7) is 14.8. The third kappa shape index (κ3) is 8.70. The first kappa shape index (κ1) is 42.6. The molecule has 292 valence electrons. The van der Waals surface area contributed by atoms with E-state index in [1.54, 1.807) is 33.8 Å². The number of hydrogen-bond acceptors (Lipinski definition) is 14. The lowest BCUT2D eigenvalue weighted by Gasteiger charge is -2.45. The molecule has 3 rings (SSSR count). The highest BCUT2D eigenvalue weighted by Gasteiger charge is 2.77. The number of carbonyl (C=O) groups is 6. The maximum Gasteiger partial charge on any atom is 0.334 e. The van der Waals surface area contributed by atoms with Crippen LogP contribution in [-0.2, 0) is 61.9 Å². The van der Waals surface area contributed by atoms with Gasteiger partial charge in [-0.1, -0.05) is 45.6 Å². The van der Waals surface area contributed by atoms with Crippen molar-refractivity contribution in [1.82, 2.24) is 0 Å². The molecule has 1 heterocycles. The zero-order chi connectivity index (χ0) is 39.2. The molecule has 2 aliphatic carbocycles. The minimum absolute atomic E-state index is 0.0496. The fraction of sp³-hybridized carbons (Fsp3) is 0.737. The molecule has 0 amide bonds. The molecule has 9 atom stereocenters. The van der Waals surface area contributed by atoms with Crippen LogP contribution >= 0.6 is 0 Å². The van der Waals surface area contributed by atoms with E-state index in [0.29, 0.717) is 12.8 Å². The fourth-order valence-electron chi connectivity index (χ4n) is 7.71. The molecule has 0 spiro atoms. The number of unbranched alkanes of at least 4 members (excludes halogenated alkanes) is 4. The molecule has 0 radical (unpaired) electrons. The summed E-state index contributed by atoms with van der Waals surface area (Å²) in [6.07, 6.45) is -1.68. The Balaban J connectivity index is 2.36. The Kier molecular flexibility index (Phi) is 14.2. The van der Waals surface area contributed by atoms with Gasteiger partial charge in [-0.2, -0.15) is 0 Å². The molecule has 1 saturated heterocycles. The van der Waals surface area contributed by atoms with E-state index in [2.05, 4.69) is 6.92 Å². The van der Waals surface area contributed by atoms with Crippen molar-refractivity contribution in [3.63, 3.8) is 0 Å². The number of rotatable bonds is 15. The Morgan fingerprint density at radius 3 is 1.98 bits per heavy atom. The van der Waals surface area contributed by atoms with Gasteiger partial charge in [0.15, 0.2) is 17.8 Å². The molecule has 52 heavy (non-hydrogen) atoms. The summed E-state index contributed by atoms with van der Waals surface area (Å²) in [5, 5.41) is 13.1. The molecule has 0 bridgehead atoms. The van der Waals surface area contributed by atoms with E-state index in [1.807, 2.05) is 0 Å². The van der Waals surface area contributed by atoms with Gasteiger partial charge in [-0.05, 0) is 58.6 Å². The van der Waals surface area contributed by atoms with Gasteiger partial charge >= 0.3 is 35.8 Å². The van der Waals surface area contributed by atoms with Crippen LogP contribution in [0, 0.1) is 5.92 Å². The summed E-state index contributed by atoms with van der Waals surface area (Å²) in [6, 6.07) is 0. The first-order valence-electron chi connectivity index (χ1n) is 18.2. The number of allylic oxidation sites excluding steroid dienone is 1. The second kappa shape index (κ2) is 17.4. The summed E-state index contributed by atoms with van der Waals surface area (Å²) >= 11 is 0. The lowest BCUT2D eigenvalue weighted by atomic mass is 9.74. The first-order chi connectivity index (χ1) is 24.3.